The Morgan fingerprint density at radius 2 is 1.88 bits per heavy atom. The summed E-state index contributed by atoms with van der Waals surface area (Å²) in [7, 11) is 1.60. The van der Waals surface area contributed by atoms with Crippen LogP contribution in [0.1, 0.15) is 11.3 Å². The average molecular weight is 320 g/mol. The summed E-state index contributed by atoms with van der Waals surface area (Å²) in [5, 5.41) is 9.21. The summed E-state index contributed by atoms with van der Waals surface area (Å²) in [5.41, 5.74) is 1.72. The van der Waals surface area contributed by atoms with E-state index in [9.17, 15) is 9.65 Å². The van der Waals surface area contributed by atoms with Gasteiger partial charge in [0.25, 0.3) is 0 Å². The van der Waals surface area contributed by atoms with Crippen LogP contribution >= 0.6 is 0 Å². The minimum Gasteiger partial charge on any atom is -0.497 e. The summed E-state index contributed by atoms with van der Waals surface area (Å²) in [6.45, 7) is 0. The summed E-state index contributed by atoms with van der Waals surface area (Å²) in [6.07, 6.45) is 3.13. The van der Waals surface area contributed by atoms with Crippen molar-refractivity contribution in [3.63, 3.8) is 0 Å². The Hall–Kier alpha value is -3.46. The van der Waals surface area contributed by atoms with Gasteiger partial charge in [0.2, 0.25) is 0 Å². The molecule has 0 saturated heterocycles. The summed E-state index contributed by atoms with van der Waals surface area (Å²) >= 11 is 0. The molecule has 0 aliphatic carbocycles. The molecule has 0 aliphatic heterocycles. The summed E-state index contributed by atoms with van der Waals surface area (Å²) < 4.78 is 19.8. The Labute approximate surface area is 138 Å². The van der Waals surface area contributed by atoms with E-state index in [1.54, 1.807) is 30.0 Å². The molecule has 118 valence electrons. The van der Waals surface area contributed by atoms with Gasteiger partial charge in [-0.3, -0.25) is 4.57 Å². The molecular formula is C18H13FN4O. The zero-order chi connectivity index (χ0) is 16.9. The lowest BCUT2D eigenvalue weighted by molar-refractivity contribution is 0.415. The Morgan fingerprint density at radius 1 is 1.17 bits per heavy atom. The van der Waals surface area contributed by atoms with Gasteiger partial charge in [-0.2, -0.15) is 5.26 Å². The fourth-order valence-electron chi connectivity index (χ4n) is 2.16. The minimum absolute atomic E-state index is 0.198. The average Bonchev–Trinajstić information content (AvgIpc) is 3.04. The van der Waals surface area contributed by atoms with Crippen molar-refractivity contribution in [2.45, 2.75) is 0 Å². The van der Waals surface area contributed by atoms with E-state index in [0.717, 1.165) is 11.3 Å². The van der Waals surface area contributed by atoms with Crippen LogP contribution in [0.5, 0.6) is 5.75 Å². The van der Waals surface area contributed by atoms with Gasteiger partial charge in [-0.05, 0) is 54.1 Å². The molecule has 0 aliphatic rings. The highest BCUT2D eigenvalue weighted by Gasteiger charge is 2.11. The topological polar surface area (TPSA) is 63.2 Å². The maximum Gasteiger partial charge on any atom is 0.185 e. The van der Waals surface area contributed by atoms with Gasteiger partial charge in [0.05, 0.1) is 7.11 Å². The highest BCUT2D eigenvalue weighted by molar-refractivity contribution is 5.82. The third kappa shape index (κ3) is 3.15. The van der Waals surface area contributed by atoms with Crippen LogP contribution in [0.3, 0.4) is 0 Å². The number of imidazole rings is 1. The molecule has 0 amide bonds. The first-order valence-corrected chi connectivity index (χ1v) is 7.13. The normalized spacial score (nSPS) is 10.7. The van der Waals surface area contributed by atoms with Crippen molar-refractivity contribution < 1.29 is 9.13 Å². The van der Waals surface area contributed by atoms with Crippen LogP contribution in [0, 0.1) is 17.1 Å². The van der Waals surface area contributed by atoms with Gasteiger partial charge in [0.1, 0.15) is 24.0 Å². The van der Waals surface area contributed by atoms with Crippen LogP contribution < -0.4 is 4.74 Å². The summed E-state index contributed by atoms with van der Waals surface area (Å²) in [6, 6.07) is 15.3. The molecule has 6 heteroatoms. The van der Waals surface area contributed by atoms with Gasteiger partial charge in [0, 0.05) is 11.9 Å². The van der Waals surface area contributed by atoms with Crippen LogP contribution in [0.4, 0.5) is 10.2 Å². The highest BCUT2D eigenvalue weighted by Crippen LogP contribution is 2.23. The van der Waals surface area contributed by atoms with Gasteiger partial charge in [-0.25, -0.2) is 14.4 Å². The third-order valence-electron chi connectivity index (χ3n) is 3.40. The SMILES string of the molecule is COc1ccc(C=Nc2c(C#N)ncn2-c2ccc(F)cc2)cc1. The van der Waals surface area contributed by atoms with Crippen molar-refractivity contribution >= 4 is 12.0 Å². The first-order chi connectivity index (χ1) is 11.7. The van der Waals surface area contributed by atoms with Crippen LogP contribution in [0.2, 0.25) is 0 Å². The Bertz CT molecular complexity index is 906. The number of hydrogen-bond donors (Lipinski definition) is 0. The smallest absolute Gasteiger partial charge is 0.185 e. The molecular weight excluding hydrogens is 307 g/mol. The van der Waals surface area contributed by atoms with Crippen molar-refractivity contribution in [3.05, 3.63) is 71.9 Å². The lowest BCUT2D eigenvalue weighted by Crippen LogP contribution is -1.93. The predicted molar refractivity (Wildman–Crippen MR) is 88.5 cm³/mol. The fourth-order valence-corrected chi connectivity index (χ4v) is 2.16. The molecule has 0 fully saturated rings. The van der Waals surface area contributed by atoms with E-state index in [4.69, 9.17) is 4.74 Å². The number of nitriles is 1. The first kappa shape index (κ1) is 15.4. The van der Waals surface area contributed by atoms with Crippen molar-refractivity contribution in [1.82, 2.24) is 9.55 Å². The molecule has 3 rings (SSSR count). The van der Waals surface area contributed by atoms with Crippen molar-refractivity contribution in [3.8, 4) is 17.5 Å². The maximum atomic E-state index is 13.1. The zero-order valence-electron chi connectivity index (χ0n) is 12.8. The van der Waals surface area contributed by atoms with Gasteiger partial charge in [-0.1, -0.05) is 0 Å². The maximum absolute atomic E-state index is 13.1. The van der Waals surface area contributed by atoms with E-state index in [1.165, 1.54) is 18.5 Å². The van der Waals surface area contributed by atoms with Crippen LogP contribution in [-0.4, -0.2) is 22.9 Å². The fraction of sp³-hybridized carbons (Fsp3) is 0.0556. The number of benzene rings is 2. The van der Waals surface area contributed by atoms with Crippen LogP contribution in [0.25, 0.3) is 5.69 Å². The van der Waals surface area contributed by atoms with Gasteiger partial charge < -0.3 is 4.74 Å². The quantitative estimate of drug-likeness (QED) is 0.689. The Balaban J connectivity index is 1.97. The van der Waals surface area contributed by atoms with Crippen molar-refractivity contribution in [1.29, 1.82) is 5.26 Å². The van der Waals surface area contributed by atoms with Crippen molar-refractivity contribution in [2.75, 3.05) is 7.11 Å². The molecule has 24 heavy (non-hydrogen) atoms. The number of aliphatic imine (C=N–C) groups is 1. The van der Waals surface area contributed by atoms with E-state index in [-0.39, 0.29) is 11.5 Å². The summed E-state index contributed by atoms with van der Waals surface area (Å²) in [5.74, 6) is 0.809. The lowest BCUT2D eigenvalue weighted by Gasteiger charge is -2.05. The number of methoxy groups -OCH3 is 1. The van der Waals surface area contributed by atoms with E-state index in [1.807, 2.05) is 30.3 Å². The number of halogens is 1. The van der Waals surface area contributed by atoms with E-state index in [0.29, 0.717) is 11.5 Å². The second-order valence-corrected chi connectivity index (χ2v) is 4.91. The molecule has 5 nitrogen and oxygen atoms in total. The van der Waals surface area contributed by atoms with E-state index in [2.05, 4.69) is 9.98 Å². The predicted octanol–water partition coefficient (Wildman–Crippen LogP) is 3.64. The second kappa shape index (κ2) is 6.75. The molecule has 0 radical (unpaired) electrons. The molecule has 0 atom stereocenters. The van der Waals surface area contributed by atoms with E-state index < -0.39 is 0 Å². The molecule has 3 aromatic rings. The molecule has 2 aromatic carbocycles. The first-order valence-electron chi connectivity index (χ1n) is 7.13. The second-order valence-electron chi connectivity index (χ2n) is 4.91. The molecule has 0 spiro atoms. The number of nitrogens with zero attached hydrogens (tertiary/aromatic N) is 4. The molecule has 0 unspecified atom stereocenters. The highest BCUT2D eigenvalue weighted by atomic mass is 19.1. The number of ether oxygens (including phenoxy) is 1. The largest absolute Gasteiger partial charge is 0.497 e. The summed E-state index contributed by atoms with van der Waals surface area (Å²) in [4.78, 5) is 8.43. The molecule has 1 heterocycles. The minimum atomic E-state index is -0.331. The molecule has 0 bridgehead atoms. The van der Waals surface area contributed by atoms with Crippen molar-refractivity contribution in [2.24, 2.45) is 4.99 Å². The zero-order valence-corrected chi connectivity index (χ0v) is 12.8. The number of aromatic nitrogens is 2. The Morgan fingerprint density at radius 3 is 2.50 bits per heavy atom. The van der Waals surface area contributed by atoms with Crippen LogP contribution in [0.15, 0.2) is 59.9 Å². The van der Waals surface area contributed by atoms with Gasteiger partial charge in [0.15, 0.2) is 11.5 Å². The number of rotatable bonds is 4. The Kier molecular flexibility index (Phi) is 4.34. The molecule has 0 saturated carbocycles. The molecule has 0 N–H and O–H groups in total. The molecule has 1 aromatic heterocycles. The number of hydrogen-bond acceptors (Lipinski definition) is 4. The van der Waals surface area contributed by atoms with Gasteiger partial charge in [-0.15, -0.1) is 0 Å². The monoisotopic (exact) mass is 320 g/mol. The third-order valence-corrected chi connectivity index (χ3v) is 3.40. The van der Waals surface area contributed by atoms with Gasteiger partial charge >= 0.3 is 0 Å². The van der Waals surface area contributed by atoms with E-state index >= 15 is 0 Å². The lowest BCUT2D eigenvalue weighted by atomic mass is 10.2. The standard InChI is InChI=1S/C18H13FN4O/c1-24-16-8-2-13(3-9-16)11-21-18-17(10-20)22-12-23(18)15-6-4-14(19)5-7-15/h2-9,11-12H,1H3. The van der Waals surface area contributed by atoms with Crippen LogP contribution in [-0.2, 0) is 0 Å².